The van der Waals surface area contributed by atoms with Crippen LogP contribution in [0.5, 0.6) is 0 Å². The lowest BCUT2D eigenvalue weighted by molar-refractivity contribution is 0.795. The molecule has 1 spiro atoms. The molecule has 222 valence electrons. The van der Waals surface area contributed by atoms with E-state index in [1.54, 1.807) is 0 Å². The van der Waals surface area contributed by atoms with Crippen LogP contribution >= 0.6 is 11.3 Å². The molecule has 2 aliphatic rings. The number of hydrogen-bond donors (Lipinski definition) is 0. The van der Waals surface area contributed by atoms with Gasteiger partial charge < -0.3 is 0 Å². The second-order valence-electron chi connectivity index (χ2n) is 13.2. The zero-order chi connectivity index (χ0) is 31.4. The molecule has 1 heterocycles. The first-order valence-electron chi connectivity index (χ1n) is 16.7. The Bertz CT molecular complexity index is 2740. The van der Waals surface area contributed by atoms with Gasteiger partial charge >= 0.3 is 0 Å². The first kappa shape index (κ1) is 26.3. The SMILES string of the molecule is c1ccc(-c2ccc3c(c2)C2(c4ccccc4-c4ccccc42)c2cc(-c4ccc5sc6ccccc6c5c4)c4ccccc4c2-3)cc1. The van der Waals surface area contributed by atoms with Gasteiger partial charge in [0.05, 0.1) is 5.41 Å². The van der Waals surface area contributed by atoms with E-state index < -0.39 is 5.41 Å². The smallest absolute Gasteiger partial charge is 0.0726 e. The highest BCUT2D eigenvalue weighted by atomic mass is 32.1. The van der Waals surface area contributed by atoms with Crippen LogP contribution in [0, 0.1) is 0 Å². The lowest BCUT2D eigenvalue weighted by atomic mass is 9.69. The monoisotopic (exact) mass is 624 g/mol. The Morgan fingerprint density at radius 1 is 0.312 bits per heavy atom. The maximum atomic E-state index is 2.55. The predicted molar refractivity (Wildman–Crippen MR) is 204 cm³/mol. The molecule has 1 heteroatoms. The van der Waals surface area contributed by atoms with Crippen molar-refractivity contribution in [1.29, 1.82) is 0 Å². The van der Waals surface area contributed by atoms with Crippen molar-refractivity contribution in [2.45, 2.75) is 5.41 Å². The summed E-state index contributed by atoms with van der Waals surface area (Å²) in [5, 5.41) is 5.28. The highest BCUT2D eigenvalue weighted by molar-refractivity contribution is 7.25. The van der Waals surface area contributed by atoms with E-state index in [0.717, 1.165) is 0 Å². The van der Waals surface area contributed by atoms with Gasteiger partial charge in [-0.1, -0.05) is 140 Å². The van der Waals surface area contributed by atoms with Gasteiger partial charge in [-0.3, -0.25) is 0 Å². The van der Waals surface area contributed by atoms with Crippen LogP contribution in [0.1, 0.15) is 22.3 Å². The van der Waals surface area contributed by atoms with Crippen molar-refractivity contribution < 1.29 is 0 Å². The summed E-state index contributed by atoms with van der Waals surface area (Å²) >= 11 is 1.88. The summed E-state index contributed by atoms with van der Waals surface area (Å²) < 4.78 is 2.67. The van der Waals surface area contributed by atoms with Crippen LogP contribution in [0.4, 0.5) is 0 Å². The average molecular weight is 625 g/mol. The van der Waals surface area contributed by atoms with Gasteiger partial charge in [0.25, 0.3) is 0 Å². The molecule has 11 rings (SSSR count). The van der Waals surface area contributed by atoms with E-state index in [-0.39, 0.29) is 0 Å². The Kier molecular flexibility index (Phi) is 5.29. The van der Waals surface area contributed by atoms with E-state index in [2.05, 4.69) is 170 Å². The molecular formula is C47H28S. The standard InChI is InChI=1S/C47H28S/c1-2-12-29(13-3-1)30-22-24-37-42(27-30)47(40-19-9-6-15-33(40)34-16-7-10-20-41(34)47)43-28-38(32-14-4-5-18-36(32)46(37)43)31-23-25-45-39(26-31)35-17-8-11-21-44(35)48-45/h1-28H. The molecule has 0 atom stereocenters. The molecule has 48 heavy (non-hydrogen) atoms. The third-order valence-corrected chi connectivity index (χ3v) is 12.0. The first-order valence-corrected chi connectivity index (χ1v) is 17.5. The van der Waals surface area contributed by atoms with Gasteiger partial charge in [0.2, 0.25) is 0 Å². The Balaban J connectivity index is 1.29. The van der Waals surface area contributed by atoms with E-state index >= 15 is 0 Å². The largest absolute Gasteiger partial charge is 0.135 e. The van der Waals surface area contributed by atoms with Gasteiger partial charge in [-0.25, -0.2) is 0 Å². The molecule has 0 amide bonds. The fourth-order valence-corrected chi connectivity index (χ4v) is 10.0. The molecule has 0 unspecified atom stereocenters. The normalized spacial score (nSPS) is 13.6. The molecule has 0 N–H and O–H groups in total. The molecule has 0 radical (unpaired) electrons. The molecule has 8 aromatic carbocycles. The third kappa shape index (κ3) is 3.34. The molecule has 9 aromatic rings. The lowest BCUT2D eigenvalue weighted by Gasteiger charge is -2.31. The summed E-state index contributed by atoms with van der Waals surface area (Å²) in [6.07, 6.45) is 0. The molecule has 0 aliphatic heterocycles. The van der Waals surface area contributed by atoms with Crippen molar-refractivity contribution in [1.82, 2.24) is 0 Å². The molecule has 0 saturated carbocycles. The van der Waals surface area contributed by atoms with Gasteiger partial charge in [-0.15, -0.1) is 11.3 Å². The van der Waals surface area contributed by atoms with Crippen LogP contribution in [0.25, 0.3) is 75.5 Å². The van der Waals surface area contributed by atoms with Crippen LogP contribution in [0.15, 0.2) is 170 Å². The second-order valence-corrected chi connectivity index (χ2v) is 14.3. The summed E-state index contributed by atoms with van der Waals surface area (Å²) in [6.45, 7) is 0. The zero-order valence-corrected chi connectivity index (χ0v) is 26.9. The van der Waals surface area contributed by atoms with Crippen molar-refractivity contribution in [2.24, 2.45) is 0 Å². The van der Waals surface area contributed by atoms with Crippen LogP contribution in [-0.4, -0.2) is 0 Å². The Morgan fingerprint density at radius 3 is 1.73 bits per heavy atom. The molecule has 2 aliphatic carbocycles. The summed E-state index contributed by atoms with van der Waals surface area (Å²) in [7, 11) is 0. The fraction of sp³-hybridized carbons (Fsp3) is 0.0213. The molecule has 0 fully saturated rings. The maximum absolute atomic E-state index is 2.55. The van der Waals surface area contributed by atoms with Crippen molar-refractivity contribution >= 4 is 42.3 Å². The number of benzene rings is 8. The first-order chi connectivity index (χ1) is 23.8. The van der Waals surface area contributed by atoms with Crippen LogP contribution in [0.2, 0.25) is 0 Å². The van der Waals surface area contributed by atoms with Gasteiger partial charge in [0.15, 0.2) is 0 Å². The van der Waals surface area contributed by atoms with E-state index in [1.165, 1.54) is 97.7 Å². The summed E-state index contributed by atoms with van der Waals surface area (Å²) in [4.78, 5) is 0. The average Bonchev–Trinajstić information content (AvgIpc) is 3.78. The lowest BCUT2D eigenvalue weighted by Crippen LogP contribution is -2.26. The van der Waals surface area contributed by atoms with Crippen molar-refractivity contribution in [3.63, 3.8) is 0 Å². The van der Waals surface area contributed by atoms with E-state index in [1.807, 2.05) is 11.3 Å². The van der Waals surface area contributed by atoms with Crippen LogP contribution < -0.4 is 0 Å². The minimum atomic E-state index is -0.430. The number of rotatable bonds is 2. The summed E-state index contributed by atoms with van der Waals surface area (Å²) in [5.41, 5.74) is 15.5. The van der Waals surface area contributed by atoms with E-state index in [0.29, 0.717) is 0 Å². The highest BCUT2D eigenvalue weighted by Gasteiger charge is 2.52. The Morgan fingerprint density at radius 2 is 0.938 bits per heavy atom. The summed E-state index contributed by atoms with van der Waals surface area (Å²) in [6, 6.07) is 63.8. The zero-order valence-electron chi connectivity index (χ0n) is 26.1. The second kappa shape index (κ2) is 9.64. The van der Waals surface area contributed by atoms with E-state index in [9.17, 15) is 0 Å². The number of fused-ring (bicyclic) bond motifs is 15. The summed E-state index contributed by atoms with van der Waals surface area (Å²) in [5.74, 6) is 0. The third-order valence-electron chi connectivity index (χ3n) is 10.9. The Labute approximate surface area is 283 Å². The topological polar surface area (TPSA) is 0 Å². The van der Waals surface area contributed by atoms with Crippen LogP contribution in [-0.2, 0) is 5.41 Å². The molecule has 0 saturated heterocycles. The van der Waals surface area contributed by atoms with Gasteiger partial charge in [0.1, 0.15) is 0 Å². The van der Waals surface area contributed by atoms with E-state index in [4.69, 9.17) is 0 Å². The highest BCUT2D eigenvalue weighted by Crippen LogP contribution is 2.64. The van der Waals surface area contributed by atoms with Crippen molar-refractivity contribution in [3.05, 3.63) is 192 Å². The molecular weight excluding hydrogens is 597 g/mol. The molecule has 1 aromatic heterocycles. The minimum absolute atomic E-state index is 0.430. The number of thiophene rings is 1. The molecule has 0 nitrogen and oxygen atoms in total. The van der Waals surface area contributed by atoms with Gasteiger partial charge in [-0.2, -0.15) is 0 Å². The van der Waals surface area contributed by atoms with Crippen molar-refractivity contribution in [3.8, 4) is 44.5 Å². The van der Waals surface area contributed by atoms with Gasteiger partial charge in [-0.05, 0) is 108 Å². The quantitative estimate of drug-likeness (QED) is 0.179. The minimum Gasteiger partial charge on any atom is -0.135 e. The molecule has 0 bridgehead atoms. The predicted octanol–water partition coefficient (Wildman–Crippen LogP) is 12.9. The maximum Gasteiger partial charge on any atom is 0.0726 e. The Hall–Kier alpha value is -5.76. The number of hydrogen-bond acceptors (Lipinski definition) is 1. The van der Waals surface area contributed by atoms with Gasteiger partial charge in [0, 0.05) is 20.2 Å². The van der Waals surface area contributed by atoms with Crippen molar-refractivity contribution in [2.75, 3.05) is 0 Å². The van der Waals surface area contributed by atoms with Crippen LogP contribution in [0.3, 0.4) is 0 Å². The fourth-order valence-electron chi connectivity index (χ4n) is 8.94.